The van der Waals surface area contributed by atoms with Crippen molar-refractivity contribution in [3.8, 4) is 0 Å². The minimum atomic E-state index is -0.0423. The van der Waals surface area contributed by atoms with Crippen LogP contribution < -0.4 is 5.56 Å². The van der Waals surface area contributed by atoms with Gasteiger partial charge in [0.05, 0.1) is 17.4 Å². The van der Waals surface area contributed by atoms with E-state index in [0.717, 1.165) is 23.2 Å². The van der Waals surface area contributed by atoms with Crippen LogP contribution in [-0.2, 0) is 13.5 Å². The molecule has 4 nitrogen and oxygen atoms in total. The topological polar surface area (TPSA) is 47.8 Å². The summed E-state index contributed by atoms with van der Waals surface area (Å²) in [6.45, 7) is 3.99. The fourth-order valence-corrected chi connectivity index (χ4v) is 2.52. The van der Waals surface area contributed by atoms with Crippen molar-refractivity contribution < 1.29 is 0 Å². The molecule has 3 rings (SSSR count). The Balaban J connectivity index is 2.20. The summed E-state index contributed by atoms with van der Waals surface area (Å²) in [6, 6.07) is 10.2. The molecule has 0 radical (unpaired) electrons. The van der Waals surface area contributed by atoms with Crippen LogP contribution in [0.25, 0.3) is 11.0 Å². The fourth-order valence-electron chi connectivity index (χ4n) is 2.52. The maximum Gasteiger partial charge on any atom is 0.262 e. The molecule has 0 atom stereocenters. The van der Waals surface area contributed by atoms with Crippen LogP contribution in [0, 0.1) is 13.8 Å². The lowest BCUT2D eigenvalue weighted by molar-refractivity contribution is 0.836. The Kier molecular flexibility index (Phi) is 3.29. The molecule has 0 amide bonds. The Morgan fingerprint density at radius 3 is 2.52 bits per heavy atom. The fraction of sp³-hybridized carbons (Fsp3) is 0.235. The lowest BCUT2D eigenvalue weighted by atomic mass is 10.0. The van der Waals surface area contributed by atoms with Crippen LogP contribution in [0.2, 0.25) is 0 Å². The van der Waals surface area contributed by atoms with E-state index < -0.39 is 0 Å². The molecule has 2 aromatic heterocycles. The smallest absolute Gasteiger partial charge is 0.262 e. The summed E-state index contributed by atoms with van der Waals surface area (Å²) in [5.74, 6) is 0. The summed E-state index contributed by atoms with van der Waals surface area (Å²) in [4.78, 5) is 21.2. The molecule has 0 fully saturated rings. The van der Waals surface area contributed by atoms with Gasteiger partial charge in [-0.25, -0.2) is 9.97 Å². The van der Waals surface area contributed by atoms with Gasteiger partial charge >= 0.3 is 0 Å². The van der Waals surface area contributed by atoms with E-state index in [9.17, 15) is 4.79 Å². The largest absolute Gasteiger partial charge is 0.302 e. The molecule has 0 N–H and O–H groups in total. The molecule has 0 aliphatic rings. The van der Waals surface area contributed by atoms with Crippen molar-refractivity contribution in [2.24, 2.45) is 7.05 Å². The van der Waals surface area contributed by atoms with Crippen LogP contribution in [0.4, 0.5) is 0 Å². The zero-order valence-corrected chi connectivity index (χ0v) is 12.4. The highest BCUT2D eigenvalue weighted by Gasteiger charge is 2.13. The highest BCUT2D eigenvalue weighted by molar-refractivity contribution is 5.79. The number of rotatable bonds is 2. The van der Waals surface area contributed by atoms with Crippen molar-refractivity contribution in [3.05, 3.63) is 69.4 Å². The summed E-state index contributed by atoms with van der Waals surface area (Å²) >= 11 is 0. The van der Waals surface area contributed by atoms with Crippen molar-refractivity contribution in [3.63, 3.8) is 0 Å². The molecule has 1 aromatic carbocycles. The molecule has 0 unspecified atom stereocenters. The second-order valence-corrected chi connectivity index (χ2v) is 5.33. The van der Waals surface area contributed by atoms with Gasteiger partial charge in [-0.3, -0.25) is 4.79 Å². The summed E-state index contributed by atoms with van der Waals surface area (Å²) in [5, 5.41) is 0.620. The zero-order chi connectivity index (χ0) is 15.0. The number of benzene rings is 1. The molecule has 0 saturated carbocycles. The van der Waals surface area contributed by atoms with E-state index in [2.05, 4.69) is 22.1 Å². The molecule has 3 aromatic rings. The maximum absolute atomic E-state index is 12.3. The number of hydrogen-bond donors (Lipinski definition) is 0. The summed E-state index contributed by atoms with van der Waals surface area (Å²) < 4.78 is 1.49. The number of fused-ring (bicyclic) bond motifs is 1. The van der Waals surface area contributed by atoms with Crippen LogP contribution in [0.15, 0.2) is 41.5 Å². The number of hydrogen-bond acceptors (Lipinski definition) is 3. The third-order valence-electron chi connectivity index (χ3n) is 3.94. The van der Waals surface area contributed by atoms with Crippen molar-refractivity contribution in [2.45, 2.75) is 20.3 Å². The predicted molar refractivity (Wildman–Crippen MR) is 83.5 cm³/mol. The minimum Gasteiger partial charge on any atom is -0.302 e. The Bertz CT molecular complexity index is 867. The van der Waals surface area contributed by atoms with Gasteiger partial charge in [0.2, 0.25) is 0 Å². The first kappa shape index (κ1) is 13.5. The Hall–Kier alpha value is -2.49. The van der Waals surface area contributed by atoms with Crippen molar-refractivity contribution in [1.82, 2.24) is 14.5 Å². The molecule has 21 heavy (non-hydrogen) atoms. The summed E-state index contributed by atoms with van der Waals surface area (Å²) in [5.41, 5.74) is 4.71. The Morgan fingerprint density at radius 2 is 1.81 bits per heavy atom. The second-order valence-electron chi connectivity index (χ2n) is 5.33. The lowest BCUT2D eigenvalue weighted by Gasteiger charge is -2.11. The van der Waals surface area contributed by atoms with Gasteiger partial charge in [-0.15, -0.1) is 0 Å². The predicted octanol–water partition coefficient (Wildman–Crippen LogP) is 2.54. The maximum atomic E-state index is 12.3. The molecular formula is C17H17N3O. The highest BCUT2D eigenvalue weighted by Crippen LogP contribution is 2.20. The van der Waals surface area contributed by atoms with E-state index in [1.165, 1.54) is 16.5 Å². The van der Waals surface area contributed by atoms with E-state index in [1.807, 2.05) is 32.0 Å². The van der Waals surface area contributed by atoms with E-state index >= 15 is 0 Å². The molecule has 106 valence electrons. The second kappa shape index (κ2) is 5.13. The van der Waals surface area contributed by atoms with Gasteiger partial charge in [0.1, 0.15) is 0 Å². The number of aromatic nitrogens is 3. The van der Waals surface area contributed by atoms with Gasteiger partial charge in [-0.2, -0.15) is 0 Å². The van der Waals surface area contributed by atoms with Crippen molar-refractivity contribution in [1.29, 1.82) is 0 Å². The van der Waals surface area contributed by atoms with Gasteiger partial charge in [0.15, 0.2) is 5.65 Å². The zero-order valence-electron chi connectivity index (χ0n) is 12.4. The first-order valence-electron chi connectivity index (χ1n) is 6.93. The van der Waals surface area contributed by atoms with E-state index in [-0.39, 0.29) is 5.56 Å². The van der Waals surface area contributed by atoms with Gasteiger partial charge in [-0.05, 0) is 30.5 Å². The standard InChI is InChI=1S/C17H17N3O/c1-11-12(2)15-16(18-10-20(3)17(15)21)19-14(11)9-13-7-5-4-6-8-13/h4-8,10H,9H2,1-3H3. The van der Waals surface area contributed by atoms with Gasteiger partial charge in [-0.1, -0.05) is 30.3 Å². The normalized spacial score (nSPS) is 11.0. The quantitative estimate of drug-likeness (QED) is 0.724. The highest BCUT2D eigenvalue weighted by atomic mass is 16.1. The van der Waals surface area contributed by atoms with Crippen LogP contribution in [0.1, 0.15) is 22.4 Å². The van der Waals surface area contributed by atoms with Crippen LogP contribution in [0.3, 0.4) is 0 Å². The SMILES string of the molecule is Cc1c(Cc2ccccc2)nc2ncn(C)c(=O)c2c1C. The van der Waals surface area contributed by atoms with Crippen LogP contribution >= 0.6 is 0 Å². The van der Waals surface area contributed by atoms with Gasteiger partial charge in [0.25, 0.3) is 5.56 Å². The van der Waals surface area contributed by atoms with Crippen molar-refractivity contribution in [2.75, 3.05) is 0 Å². The monoisotopic (exact) mass is 279 g/mol. The number of nitrogens with zero attached hydrogens (tertiary/aromatic N) is 3. The Morgan fingerprint density at radius 1 is 1.10 bits per heavy atom. The van der Waals surface area contributed by atoms with Gasteiger partial charge in [0, 0.05) is 13.5 Å². The molecule has 0 aliphatic carbocycles. The Labute approximate surface area is 123 Å². The van der Waals surface area contributed by atoms with E-state index in [4.69, 9.17) is 0 Å². The third-order valence-corrected chi connectivity index (χ3v) is 3.94. The third kappa shape index (κ3) is 2.33. The summed E-state index contributed by atoms with van der Waals surface area (Å²) in [7, 11) is 1.71. The molecule has 2 heterocycles. The van der Waals surface area contributed by atoms with E-state index in [0.29, 0.717) is 11.0 Å². The molecule has 0 saturated heterocycles. The molecular weight excluding hydrogens is 262 g/mol. The van der Waals surface area contributed by atoms with E-state index in [1.54, 1.807) is 7.05 Å². The first-order valence-corrected chi connectivity index (χ1v) is 6.93. The van der Waals surface area contributed by atoms with Crippen molar-refractivity contribution >= 4 is 11.0 Å². The molecule has 0 spiro atoms. The average Bonchev–Trinajstić information content (AvgIpc) is 2.49. The number of pyridine rings is 1. The lowest BCUT2D eigenvalue weighted by Crippen LogP contribution is -2.19. The molecule has 0 aliphatic heterocycles. The first-order chi connectivity index (χ1) is 10.1. The van der Waals surface area contributed by atoms with Crippen LogP contribution in [0.5, 0.6) is 0 Å². The summed E-state index contributed by atoms with van der Waals surface area (Å²) in [6.07, 6.45) is 2.28. The van der Waals surface area contributed by atoms with Gasteiger partial charge < -0.3 is 4.57 Å². The number of aryl methyl sites for hydroxylation is 2. The molecule has 4 heteroatoms. The average molecular weight is 279 g/mol. The van der Waals surface area contributed by atoms with Crippen LogP contribution in [-0.4, -0.2) is 14.5 Å². The molecule has 0 bridgehead atoms. The minimum absolute atomic E-state index is 0.0423.